The molecule has 0 bridgehead atoms. The first-order valence-electron chi connectivity index (χ1n) is 5.84. The van der Waals surface area contributed by atoms with E-state index in [1.807, 2.05) is 38.1 Å². The van der Waals surface area contributed by atoms with Crippen LogP contribution in [-0.4, -0.2) is 0 Å². The number of nitrogens with one attached hydrogen (secondary N) is 1. The number of benzene rings is 2. The van der Waals surface area contributed by atoms with Crippen LogP contribution >= 0.6 is 11.6 Å². The van der Waals surface area contributed by atoms with Crippen LogP contribution in [0.15, 0.2) is 42.5 Å². The minimum atomic E-state index is -0.230. The average molecular weight is 264 g/mol. The molecule has 0 spiro atoms. The summed E-state index contributed by atoms with van der Waals surface area (Å²) in [6, 6.07) is 12.5. The van der Waals surface area contributed by atoms with Crippen molar-refractivity contribution in [3.8, 4) is 0 Å². The molecule has 2 aromatic carbocycles. The van der Waals surface area contributed by atoms with E-state index in [0.29, 0.717) is 5.02 Å². The van der Waals surface area contributed by atoms with E-state index >= 15 is 0 Å². The third kappa shape index (κ3) is 3.02. The number of rotatable bonds is 3. The Morgan fingerprint density at radius 1 is 1.11 bits per heavy atom. The number of halogens is 2. The maximum absolute atomic E-state index is 13.2. The van der Waals surface area contributed by atoms with E-state index in [1.165, 1.54) is 12.1 Å². The van der Waals surface area contributed by atoms with E-state index in [1.54, 1.807) is 6.07 Å². The molecule has 0 aliphatic rings. The maximum Gasteiger partial charge on any atom is 0.125 e. The monoisotopic (exact) mass is 263 g/mol. The third-order valence-corrected chi connectivity index (χ3v) is 3.19. The largest absolute Gasteiger partial charge is 0.378 e. The summed E-state index contributed by atoms with van der Waals surface area (Å²) in [5.74, 6) is -0.230. The van der Waals surface area contributed by atoms with E-state index in [-0.39, 0.29) is 11.9 Å². The first-order valence-corrected chi connectivity index (χ1v) is 6.22. The molecule has 0 aromatic heterocycles. The molecule has 0 saturated carbocycles. The minimum Gasteiger partial charge on any atom is -0.378 e. The Bertz CT molecular complexity index is 537. The molecule has 0 heterocycles. The van der Waals surface area contributed by atoms with Crippen LogP contribution in [0.1, 0.15) is 24.1 Å². The van der Waals surface area contributed by atoms with Crippen molar-refractivity contribution in [3.05, 3.63) is 64.4 Å². The maximum atomic E-state index is 13.2. The average Bonchev–Trinajstić information content (AvgIpc) is 2.34. The van der Waals surface area contributed by atoms with Crippen LogP contribution in [0.2, 0.25) is 5.02 Å². The predicted molar refractivity (Wildman–Crippen MR) is 74.6 cm³/mol. The summed E-state index contributed by atoms with van der Waals surface area (Å²) in [7, 11) is 0. The number of hydrogen-bond donors (Lipinski definition) is 1. The summed E-state index contributed by atoms with van der Waals surface area (Å²) in [5, 5.41) is 4.02. The topological polar surface area (TPSA) is 12.0 Å². The Morgan fingerprint density at radius 2 is 1.78 bits per heavy atom. The molecule has 1 unspecified atom stereocenters. The molecule has 1 atom stereocenters. The highest BCUT2D eigenvalue weighted by molar-refractivity contribution is 6.30. The first-order chi connectivity index (χ1) is 8.56. The predicted octanol–water partition coefficient (Wildman–Crippen LogP) is 4.96. The number of anilines is 1. The summed E-state index contributed by atoms with van der Waals surface area (Å²) >= 11 is 5.85. The quantitative estimate of drug-likeness (QED) is 0.825. The van der Waals surface area contributed by atoms with Gasteiger partial charge in [-0.3, -0.25) is 0 Å². The van der Waals surface area contributed by atoms with Gasteiger partial charge in [0.2, 0.25) is 0 Å². The molecule has 0 radical (unpaired) electrons. The fourth-order valence-corrected chi connectivity index (χ4v) is 1.94. The van der Waals surface area contributed by atoms with Gasteiger partial charge in [0, 0.05) is 16.8 Å². The van der Waals surface area contributed by atoms with Gasteiger partial charge in [-0.05, 0) is 49.2 Å². The molecule has 1 nitrogen and oxygen atoms in total. The molecule has 2 aromatic rings. The van der Waals surface area contributed by atoms with Crippen LogP contribution < -0.4 is 5.32 Å². The van der Waals surface area contributed by atoms with Gasteiger partial charge in [-0.25, -0.2) is 4.39 Å². The highest BCUT2D eigenvalue weighted by Crippen LogP contribution is 2.23. The van der Waals surface area contributed by atoms with E-state index in [0.717, 1.165) is 16.8 Å². The Balaban J connectivity index is 2.18. The van der Waals surface area contributed by atoms with Gasteiger partial charge in [-0.2, -0.15) is 0 Å². The third-order valence-electron chi connectivity index (χ3n) is 2.94. The van der Waals surface area contributed by atoms with Crippen molar-refractivity contribution in [2.24, 2.45) is 0 Å². The first kappa shape index (κ1) is 12.9. The highest BCUT2D eigenvalue weighted by Gasteiger charge is 2.07. The second kappa shape index (κ2) is 5.40. The number of hydrogen-bond acceptors (Lipinski definition) is 1. The van der Waals surface area contributed by atoms with E-state index < -0.39 is 0 Å². The van der Waals surface area contributed by atoms with Gasteiger partial charge < -0.3 is 5.32 Å². The van der Waals surface area contributed by atoms with Crippen molar-refractivity contribution in [2.45, 2.75) is 19.9 Å². The Labute approximate surface area is 112 Å². The zero-order valence-corrected chi connectivity index (χ0v) is 11.1. The molecular formula is C15H15ClFN. The fourth-order valence-electron chi connectivity index (χ4n) is 1.82. The smallest absolute Gasteiger partial charge is 0.125 e. The van der Waals surface area contributed by atoms with Gasteiger partial charge >= 0.3 is 0 Å². The molecular weight excluding hydrogens is 249 g/mol. The molecule has 1 N–H and O–H groups in total. The van der Waals surface area contributed by atoms with Crippen LogP contribution in [0, 0.1) is 12.7 Å². The van der Waals surface area contributed by atoms with Crippen LogP contribution in [0.4, 0.5) is 10.1 Å². The lowest BCUT2D eigenvalue weighted by molar-refractivity contribution is 0.627. The van der Waals surface area contributed by atoms with Crippen LogP contribution in [0.25, 0.3) is 0 Å². The van der Waals surface area contributed by atoms with Crippen molar-refractivity contribution in [1.29, 1.82) is 0 Å². The van der Waals surface area contributed by atoms with Crippen molar-refractivity contribution < 1.29 is 4.39 Å². The molecule has 3 heteroatoms. The molecule has 0 fully saturated rings. The molecule has 0 saturated heterocycles. The van der Waals surface area contributed by atoms with Crippen molar-refractivity contribution in [2.75, 3.05) is 5.32 Å². The van der Waals surface area contributed by atoms with Gasteiger partial charge in [0.05, 0.1) is 0 Å². The van der Waals surface area contributed by atoms with E-state index in [2.05, 4.69) is 5.32 Å². The summed E-state index contributed by atoms with van der Waals surface area (Å²) in [5.41, 5.74) is 2.96. The van der Waals surface area contributed by atoms with Gasteiger partial charge in [0.1, 0.15) is 5.82 Å². The van der Waals surface area contributed by atoms with Gasteiger partial charge in [0.25, 0.3) is 0 Å². The molecule has 2 rings (SSSR count). The van der Waals surface area contributed by atoms with Crippen molar-refractivity contribution >= 4 is 17.3 Å². The molecule has 0 aliphatic heterocycles. The zero-order valence-electron chi connectivity index (χ0n) is 10.4. The Hall–Kier alpha value is -1.54. The molecule has 0 amide bonds. The lowest BCUT2D eigenvalue weighted by atomic mass is 10.1. The standard InChI is InChI=1S/C15H15ClFN/c1-10-3-8-14(17)9-15(10)18-11(2)12-4-6-13(16)7-5-12/h3-9,11,18H,1-2H3. The summed E-state index contributed by atoms with van der Waals surface area (Å²) in [6.07, 6.45) is 0. The van der Waals surface area contributed by atoms with Crippen LogP contribution in [0.5, 0.6) is 0 Å². The van der Waals surface area contributed by atoms with Crippen molar-refractivity contribution in [3.63, 3.8) is 0 Å². The van der Waals surface area contributed by atoms with E-state index in [9.17, 15) is 4.39 Å². The second-order valence-corrected chi connectivity index (χ2v) is 4.81. The summed E-state index contributed by atoms with van der Waals surface area (Å²) in [4.78, 5) is 0. The SMILES string of the molecule is Cc1ccc(F)cc1NC(C)c1ccc(Cl)cc1. The zero-order chi connectivity index (χ0) is 13.1. The Kier molecular flexibility index (Phi) is 3.87. The van der Waals surface area contributed by atoms with Gasteiger partial charge in [-0.15, -0.1) is 0 Å². The van der Waals surface area contributed by atoms with Gasteiger partial charge in [-0.1, -0.05) is 29.8 Å². The number of aryl methyl sites for hydroxylation is 1. The van der Waals surface area contributed by atoms with Crippen LogP contribution in [-0.2, 0) is 0 Å². The van der Waals surface area contributed by atoms with E-state index in [4.69, 9.17) is 11.6 Å². The molecule has 18 heavy (non-hydrogen) atoms. The highest BCUT2D eigenvalue weighted by atomic mass is 35.5. The summed E-state index contributed by atoms with van der Waals surface area (Å²) < 4.78 is 13.2. The normalized spacial score (nSPS) is 12.2. The minimum absolute atomic E-state index is 0.0998. The van der Waals surface area contributed by atoms with Gasteiger partial charge in [0.15, 0.2) is 0 Å². The lowest BCUT2D eigenvalue weighted by Gasteiger charge is -2.17. The second-order valence-electron chi connectivity index (χ2n) is 4.38. The Morgan fingerprint density at radius 3 is 2.44 bits per heavy atom. The van der Waals surface area contributed by atoms with Crippen LogP contribution in [0.3, 0.4) is 0 Å². The summed E-state index contributed by atoms with van der Waals surface area (Å²) in [6.45, 7) is 3.99. The molecule has 0 aliphatic carbocycles. The molecule has 94 valence electrons. The lowest BCUT2D eigenvalue weighted by Crippen LogP contribution is -2.07. The fraction of sp³-hybridized carbons (Fsp3) is 0.200. The van der Waals surface area contributed by atoms with Crippen molar-refractivity contribution in [1.82, 2.24) is 0 Å².